The van der Waals surface area contributed by atoms with Crippen LogP contribution in [0.3, 0.4) is 0 Å². The number of nitrogens with one attached hydrogen (secondary N) is 1. The Balaban J connectivity index is 0.00000132. The number of aromatic amines is 1. The van der Waals surface area contributed by atoms with E-state index in [1.54, 1.807) is 4.57 Å². The van der Waals surface area contributed by atoms with E-state index in [2.05, 4.69) is 36.2 Å². The third-order valence-electron chi connectivity index (χ3n) is 5.81. The van der Waals surface area contributed by atoms with Gasteiger partial charge in [-0.15, -0.1) is 0 Å². The predicted molar refractivity (Wildman–Crippen MR) is 120 cm³/mol. The van der Waals surface area contributed by atoms with Crippen molar-refractivity contribution in [3.63, 3.8) is 0 Å². The second-order valence-electron chi connectivity index (χ2n) is 7.83. The van der Waals surface area contributed by atoms with Gasteiger partial charge < -0.3 is 25.0 Å². The molecular weight excluding hydrogens is 396 g/mol. The van der Waals surface area contributed by atoms with Gasteiger partial charge in [-0.1, -0.05) is 37.3 Å². The molecule has 0 spiro atoms. The van der Waals surface area contributed by atoms with Crippen molar-refractivity contribution < 1.29 is 20.1 Å². The van der Waals surface area contributed by atoms with Crippen LogP contribution in [0.4, 0.5) is 0 Å². The highest BCUT2D eigenvalue weighted by Crippen LogP contribution is 2.32. The Morgan fingerprint density at radius 1 is 1.10 bits per heavy atom. The molecule has 0 bridgehead atoms. The number of aliphatic hydroxyl groups is 3. The SMILES string of the molecule is CCc1ccc(CCn2c(=O)[nH]c3ccc(C4C[C@@H](O)CC(CO)O4)cc32)cc1.CO. The molecule has 1 aromatic heterocycles. The van der Waals surface area contributed by atoms with Crippen LogP contribution in [0.2, 0.25) is 0 Å². The maximum Gasteiger partial charge on any atom is 0.326 e. The summed E-state index contributed by atoms with van der Waals surface area (Å²) in [7, 11) is 1.00. The number of fused-ring (bicyclic) bond motifs is 1. The van der Waals surface area contributed by atoms with Crippen LogP contribution in [-0.4, -0.2) is 50.8 Å². The first kappa shape index (κ1) is 23.2. The molecule has 7 nitrogen and oxygen atoms in total. The highest BCUT2D eigenvalue weighted by molar-refractivity contribution is 5.76. The Morgan fingerprint density at radius 3 is 2.48 bits per heavy atom. The molecule has 4 rings (SSSR count). The number of ether oxygens (including phenoxy) is 1. The summed E-state index contributed by atoms with van der Waals surface area (Å²) in [6, 6.07) is 14.3. The fourth-order valence-corrected chi connectivity index (χ4v) is 4.10. The average molecular weight is 429 g/mol. The lowest BCUT2D eigenvalue weighted by molar-refractivity contribution is -0.113. The number of aliphatic hydroxyl groups excluding tert-OH is 3. The zero-order valence-corrected chi connectivity index (χ0v) is 18.1. The number of hydrogen-bond acceptors (Lipinski definition) is 5. The number of nitrogens with zero attached hydrogens (tertiary/aromatic N) is 1. The van der Waals surface area contributed by atoms with E-state index >= 15 is 0 Å². The zero-order chi connectivity index (χ0) is 22.4. The summed E-state index contributed by atoms with van der Waals surface area (Å²) in [6.07, 6.45) is 1.56. The fraction of sp³-hybridized carbons (Fsp3) is 0.458. The molecule has 2 aromatic carbocycles. The molecule has 3 aromatic rings. The second-order valence-corrected chi connectivity index (χ2v) is 7.83. The van der Waals surface area contributed by atoms with Crippen molar-refractivity contribution in [1.29, 1.82) is 0 Å². The molecule has 0 saturated carbocycles. The van der Waals surface area contributed by atoms with Crippen molar-refractivity contribution in [2.45, 2.75) is 57.5 Å². The largest absolute Gasteiger partial charge is 0.400 e. The van der Waals surface area contributed by atoms with Crippen molar-refractivity contribution in [2.75, 3.05) is 13.7 Å². The third kappa shape index (κ3) is 5.43. The minimum absolute atomic E-state index is 0.110. The van der Waals surface area contributed by atoms with Gasteiger partial charge in [0.15, 0.2) is 0 Å². The highest BCUT2D eigenvalue weighted by atomic mass is 16.5. The summed E-state index contributed by atoms with van der Waals surface area (Å²) < 4.78 is 7.69. The molecule has 1 fully saturated rings. The van der Waals surface area contributed by atoms with Gasteiger partial charge in [-0.25, -0.2) is 4.79 Å². The van der Waals surface area contributed by atoms with Gasteiger partial charge in [0.1, 0.15) is 0 Å². The molecule has 31 heavy (non-hydrogen) atoms. The molecule has 1 aliphatic heterocycles. The van der Waals surface area contributed by atoms with Crippen LogP contribution in [0, 0.1) is 0 Å². The zero-order valence-electron chi connectivity index (χ0n) is 18.1. The predicted octanol–water partition coefficient (Wildman–Crippen LogP) is 2.32. The van der Waals surface area contributed by atoms with Crippen LogP contribution in [0.25, 0.3) is 11.0 Å². The van der Waals surface area contributed by atoms with E-state index in [4.69, 9.17) is 9.84 Å². The first-order valence-electron chi connectivity index (χ1n) is 10.8. The summed E-state index contributed by atoms with van der Waals surface area (Å²) in [5.41, 5.74) is 4.91. The minimum Gasteiger partial charge on any atom is -0.400 e. The number of H-pyrrole nitrogens is 1. The molecule has 0 radical (unpaired) electrons. The van der Waals surface area contributed by atoms with E-state index in [1.807, 2.05) is 18.2 Å². The van der Waals surface area contributed by atoms with Crippen LogP contribution >= 0.6 is 0 Å². The smallest absolute Gasteiger partial charge is 0.326 e. The molecule has 168 valence electrons. The average Bonchev–Trinajstić information content (AvgIpc) is 3.13. The van der Waals surface area contributed by atoms with Gasteiger partial charge >= 0.3 is 5.69 Å². The number of imidazole rings is 1. The Hall–Kier alpha value is -2.45. The fourth-order valence-electron chi connectivity index (χ4n) is 4.10. The van der Waals surface area contributed by atoms with Gasteiger partial charge in [-0.05, 0) is 41.7 Å². The Bertz CT molecular complexity index is 1020. The summed E-state index contributed by atoms with van der Waals surface area (Å²) in [6.45, 7) is 2.61. The number of rotatable bonds is 6. The number of aryl methyl sites for hydroxylation is 3. The molecule has 7 heteroatoms. The van der Waals surface area contributed by atoms with Crippen LogP contribution < -0.4 is 5.69 Å². The first-order valence-corrected chi connectivity index (χ1v) is 10.8. The molecule has 2 heterocycles. The van der Waals surface area contributed by atoms with Gasteiger partial charge in [0.2, 0.25) is 0 Å². The van der Waals surface area contributed by atoms with Gasteiger partial charge in [0, 0.05) is 26.5 Å². The Kier molecular flexibility index (Phi) is 8.03. The second kappa shape index (κ2) is 10.7. The van der Waals surface area contributed by atoms with Crippen LogP contribution in [-0.2, 0) is 24.1 Å². The van der Waals surface area contributed by atoms with E-state index in [0.717, 1.165) is 36.5 Å². The van der Waals surface area contributed by atoms with Gasteiger partial charge in [-0.2, -0.15) is 0 Å². The lowest BCUT2D eigenvalue weighted by Gasteiger charge is -2.32. The van der Waals surface area contributed by atoms with Crippen LogP contribution in [0.1, 0.15) is 42.6 Å². The standard InChI is InChI=1S/C23H28N2O4.CH4O/c1-2-15-3-5-16(6-4-15)9-10-25-21-11-17(7-8-20(21)24-23(25)28)22-13-18(27)12-19(14-26)29-22;1-2/h3-8,11,18-19,22,26-27H,2,9-10,12-14H2,1H3,(H,24,28);2H,1H3/t18-,19?,22?;/m0./s1. The molecule has 1 aliphatic rings. The molecule has 0 aliphatic carbocycles. The normalized spacial score (nSPS) is 21.0. The highest BCUT2D eigenvalue weighted by Gasteiger charge is 2.29. The molecule has 1 saturated heterocycles. The molecular formula is C24H32N2O5. The minimum atomic E-state index is -0.499. The summed E-state index contributed by atoms with van der Waals surface area (Å²) >= 11 is 0. The number of benzene rings is 2. The lowest BCUT2D eigenvalue weighted by Crippen LogP contribution is -2.33. The summed E-state index contributed by atoms with van der Waals surface area (Å²) in [4.78, 5) is 15.4. The lowest BCUT2D eigenvalue weighted by atomic mass is 9.96. The first-order chi connectivity index (χ1) is 15.1. The van der Waals surface area contributed by atoms with Gasteiger partial charge in [0.25, 0.3) is 0 Å². The van der Waals surface area contributed by atoms with Gasteiger partial charge in [0.05, 0.1) is 36.0 Å². The monoisotopic (exact) mass is 428 g/mol. The van der Waals surface area contributed by atoms with E-state index < -0.39 is 6.10 Å². The quantitative estimate of drug-likeness (QED) is 0.482. The van der Waals surface area contributed by atoms with Gasteiger partial charge in [-0.3, -0.25) is 4.57 Å². The molecule has 0 amide bonds. The maximum absolute atomic E-state index is 12.5. The van der Waals surface area contributed by atoms with E-state index in [-0.39, 0.29) is 24.5 Å². The number of hydrogen-bond donors (Lipinski definition) is 4. The Labute approximate surface area is 181 Å². The van der Waals surface area contributed by atoms with Crippen molar-refractivity contribution in [3.8, 4) is 0 Å². The van der Waals surface area contributed by atoms with E-state index in [9.17, 15) is 15.0 Å². The molecule has 3 atom stereocenters. The van der Waals surface area contributed by atoms with Crippen molar-refractivity contribution in [3.05, 3.63) is 69.6 Å². The topological polar surface area (TPSA) is 108 Å². The maximum atomic E-state index is 12.5. The van der Waals surface area contributed by atoms with Crippen molar-refractivity contribution >= 4 is 11.0 Å². The van der Waals surface area contributed by atoms with Crippen molar-refractivity contribution in [1.82, 2.24) is 9.55 Å². The van der Waals surface area contributed by atoms with Crippen molar-refractivity contribution in [2.24, 2.45) is 0 Å². The molecule has 2 unspecified atom stereocenters. The number of aromatic nitrogens is 2. The van der Waals surface area contributed by atoms with Crippen LogP contribution in [0.5, 0.6) is 0 Å². The Morgan fingerprint density at radius 2 is 1.81 bits per heavy atom. The van der Waals surface area contributed by atoms with Crippen LogP contribution in [0.15, 0.2) is 47.3 Å². The summed E-state index contributed by atoms with van der Waals surface area (Å²) in [5.74, 6) is 0. The summed E-state index contributed by atoms with van der Waals surface area (Å²) in [5, 5.41) is 26.5. The third-order valence-corrected chi connectivity index (χ3v) is 5.81. The van der Waals surface area contributed by atoms with E-state index in [1.165, 1.54) is 11.1 Å². The molecule has 4 N–H and O–H groups in total. The van der Waals surface area contributed by atoms with E-state index in [0.29, 0.717) is 19.4 Å².